The van der Waals surface area contributed by atoms with E-state index in [4.69, 9.17) is 4.74 Å². The number of hydrogen-bond acceptors (Lipinski definition) is 6. The van der Waals surface area contributed by atoms with Crippen molar-refractivity contribution in [3.8, 4) is 0 Å². The van der Waals surface area contributed by atoms with E-state index in [1.807, 2.05) is 68.4 Å². The summed E-state index contributed by atoms with van der Waals surface area (Å²) in [6.45, 7) is 7.37. The van der Waals surface area contributed by atoms with Crippen LogP contribution in [0.25, 0.3) is 0 Å². The van der Waals surface area contributed by atoms with Crippen LogP contribution in [0.1, 0.15) is 96.4 Å². The van der Waals surface area contributed by atoms with Crippen molar-refractivity contribution in [3.63, 3.8) is 0 Å². The van der Waals surface area contributed by atoms with E-state index in [9.17, 15) is 14.4 Å². The van der Waals surface area contributed by atoms with Gasteiger partial charge in [-0.3, -0.25) is 9.59 Å². The summed E-state index contributed by atoms with van der Waals surface area (Å²) in [4.78, 5) is 33.3. The van der Waals surface area contributed by atoms with Crippen LogP contribution in [-0.2, 0) is 4.74 Å². The van der Waals surface area contributed by atoms with Crippen molar-refractivity contribution in [1.82, 2.24) is 22.9 Å². The second-order valence-corrected chi connectivity index (χ2v) is 6.54. The van der Waals surface area contributed by atoms with Crippen molar-refractivity contribution in [2.75, 3.05) is 19.7 Å². The normalized spacial score (nSPS) is 7.39. The molecule has 238 valence electrons. The molecule has 0 bridgehead atoms. The first-order valence-electron chi connectivity index (χ1n) is 10.9. The third-order valence-corrected chi connectivity index (χ3v) is 4.03. The first-order chi connectivity index (χ1) is 16.0. The van der Waals surface area contributed by atoms with E-state index < -0.39 is 0 Å². The topological polar surface area (TPSA) is 154 Å². The summed E-state index contributed by atoms with van der Waals surface area (Å²) in [5.74, 6) is -0.269. The molecule has 2 amide bonds. The molecule has 0 aliphatic heterocycles. The van der Waals surface area contributed by atoms with Crippen molar-refractivity contribution >= 4 is 17.8 Å². The summed E-state index contributed by atoms with van der Waals surface area (Å²) < 4.78 is 4.79. The van der Waals surface area contributed by atoms with Crippen LogP contribution in [0.3, 0.4) is 0 Å². The average Bonchev–Trinajstić information content (AvgIpc) is 2.87. The summed E-state index contributed by atoms with van der Waals surface area (Å²) in [6, 6.07) is 27.3. The Bertz CT molecular complexity index is 828. The van der Waals surface area contributed by atoms with Gasteiger partial charge in [0.25, 0.3) is 11.8 Å². The zero-order valence-electron chi connectivity index (χ0n) is 20.8. The minimum Gasteiger partial charge on any atom is -0.462 e. The largest absolute Gasteiger partial charge is 0.462 e. The first-order valence-corrected chi connectivity index (χ1v) is 10.9. The van der Waals surface area contributed by atoms with Crippen LogP contribution in [0.15, 0.2) is 91.0 Å². The Labute approximate surface area is 252 Å². The molecule has 0 fully saturated rings. The van der Waals surface area contributed by atoms with E-state index in [2.05, 4.69) is 10.6 Å². The van der Waals surface area contributed by atoms with E-state index in [-0.39, 0.29) is 74.6 Å². The molecular weight excluding hydrogens is 516 g/mol. The summed E-state index contributed by atoms with van der Waals surface area (Å²) >= 11 is 0. The number of hydrogen-bond donors (Lipinski definition) is 4. The number of nitrogens with one attached hydrogen (secondary N) is 2. The summed E-state index contributed by atoms with van der Waals surface area (Å²) in [6.07, 6.45) is 0. The lowest BCUT2D eigenvalue weighted by molar-refractivity contribution is 0.0526. The number of benzene rings is 3. The minimum absolute atomic E-state index is 0. The number of rotatable bonds is 6. The van der Waals surface area contributed by atoms with Gasteiger partial charge in [0.1, 0.15) is 0 Å². The fourth-order valence-corrected chi connectivity index (χ4v) is 2.49. The van der Waals surface area contributed by atoms with Crippen molar-refractivity contribution in [1.29, 1.82) is 0 Å². The third kappa shape index (κ3) is 24.7. The molecule has 8 nitrogen and oxygen atoms in total. The molecule has 0 saturated heterocycles. The van der Waals surface area contributed by atoms with Crippen molar-refractivity contribution < 1.29 is 19.1 Å². The van der Waals surface area contributed by atoms with Crippen LogP contribution in [0.5, 0.6) is 0 Å². The van der Waals surface area contributed by atoms with Gasteiger partial charge in [-0.15, -0.1) is 0 Å². The third-order valence-electron chi connectivity index (χ3n) is 4.03. The summed E-state index contributed by atoms with van der Waals surface area (Å²) in [5, 5.41) is 5.45. The van der Waals surface area contributed by atoms with Gasteiger partial charge in [-0.25, -0.2) is 4.79 Å². The zero-order valence-corrected chi connectivity index (χ0v) is 20.8. The lowest BCUT2D eigenvalue weighted by Crippen LogP contribution is -2.22. The Morgan fingerprint density at radius 2 is 0.780 bits per heavy atom. The number of amides is 2. The Kier molecular flexibility index (Phi) is 50.0. The highest BCUT2D eigenvalue weighted by Gasteiger charge is 2.03. The lowest BCUT2D eigenvalue weighted by atomic mass is 10.2. The molecule has 0 aromatic heterocycles. The lowest BCUT2D eigenvalue weighted by Gasteiger charge is -1.99. The Hall–Kier alpha value is -4.01. The maximum atomic E-state index is 11.1. The molecule has 0 atom stereocenters. The van der Waals surface area contributed by atoms with E-state index >= 15 is 0 Å². The monoisotopic (exact) mass is 578 g/mol. The Morgan fingerprint density at radius 1 is 0.512 bits per heavy atom. The van der Waals surface area contributed by atoms with Crippen molar-refractivity contribution in [2.24, 2.45) is 0 Å². The molecule has 0 heterocycles. The van der Waals surface area contributed by atoms with Gasteiger partial charge in [0.15, 0.2) is 0 Å². The number of esters is 1. The maximum Gasteiger partial charge on any atom is 0.338 e. The molecule has 0 saturated carbocycles. The van der Waals surface area contributed by atoms with Gasteiger partial charge in [-0.2, -0.15) is 0 Å². The maximum absolute atomic E-state index is 11.1. The van der Waals surface area contributed by atoms with Gasteiger partial charge in [0.2, 0.25) is 0 Å². The van der Waals surface area contributed by atoms with Gasteiger partial charge in [-0.05, 0) is 57.2 Å². The minimum atomic E-state index is -0.256. The molecule has 0 aliphatic carbocycles. The van der Waals surface area contributed by atoms with Crippen LogP contribution in [0.4, 0.5) is 0 Å². The average molecular weight is 579 g/mol. The first kappa shape index (κ1) is 57.0. The molecule has 0 spiro atoms. The zero-order chi connectivity index (χ0) is 24.3. The fourth-order valence-electron chi connectivity index (χ4n) is 2.49. The molecule has 8 N–H and O–H groups in total. The standard InChI is InChI=1S/2C9H11NO.C9H10O2.6CH4.2H3N/c2*1-2-10-9(11)8-6-4-3-5-7-8;1-2-11-9(10)8-6-4-3-5-7-8;;;;;;;;/h2*3-7H,2H2,1H3,(H,10,11);3-7H,2H2,1H3;6*1H4;2*1H3. The molecule has 3 aromatic carbocycles. The van der Waals surface area contributed by atoms with Crippen LogP contribution in [0, 0.1) is 0 Å². The summed E-state index contributed by atoms with van der Waals surface area (Å²) in [7, 11) is 0. The van der Waals surface area contributed by atoms with Crippen molar-refractivity contribution in [2.45, 2.75) is 65.3 Å². The Balaban J connectivity index is -0.0000000605. The van der Waals surface area contributed by atoms with E-state index in [0.717, 1.165) is 0 Å². The highest BCUT2D eigenvalue weighted by Crippen LogP contribution is 2.00. The molecule has 3 rings (SSSR count). The highest BCUT2D eigenvalue weighted by atomic mass is 16.5. The summed E-state index contributed by atoms with van der Waals surface area (Å²) in [5.41, 5.74) is 2.04. The molecule has 41 heavy (non-hydrogen) atoms. The number of ether oxygens (including phenoxy) is 1. The van der Waals surface area contributed by atoms with Crippen molar-refractivity contribution in [3.05, 3.63) is 108 Å². The SMILES string of the molecule is C.C.C.C.C.C.CCNC(=O)c1ccccc1.CCNC(=O)c1ccccc1.CCOC(=O)c1ccccc1.N.N. The number of carbonyl (C=O) groups is 3. The molecule has 8 heteroatoms. The van der Waals surface area contributed by atoms with Gasteiger partial charge in [0.05, 0.1) is 12.2 Å². The molecule has 0 aliphatic rings. The number of carbonyl (C=O) groups excluding carboxylic acids is 3. The smallest absolute Gasteiger partial charge is 0.338 e. The molecule has 3 aromatic rings. The van der Waals surface area contributed by atoms with Gasteiger partial charge in [0, 0.05) is 24.2 Å². The predicted octanol–water partition coefficient (Wildman–Crippen LogP) is 8.88. The van der Waals surface area contributed by atoms with E-state index in [0.29, 0.717) is 36.4 Å². The predicted molar refractivity (Wildman–Crippen MR) is 182 cm³/mol. The van der Waals surface area contributed by atoms with Crippen LogP contribution >= 0.6 is 0 Å². The molecule has 0 radical (unpaired) electrons. The Morgan fingerprint density at radius 3 is 1.02 bits per heavy atom. The van der Waals surface area contributed by atoms with Crippen LogP contribution in [0.2, 0.25) is 0 Å². The molecular formula is C33H62N4O4. The van der Waals surface area contributed by atoms with Crippen LogP contribution in [-0.4, -0.2) is 37.5 Å². The van der Waals surface area contributed by atoms with Gasteiger partial charge < -0.3 is 27.7 Å². The highest BCUT2D eigenvalue weighted by molar-refractivity contribution is 5.94. The second kappa shape index (κ2) is 36.0. The second-order valence-electron chi connectivity index (χ2n) is 6.54. The fraction of sp³-hybridized carbons (Fsp3) is 0.364. The quantitative estimate of drug-likeness (QED) is 0.214. The van der Waals surface area contributed by atoms with Crippen LogP contribution < -0.4 is 22.9 Å². The van der Waals surface area contributed by atoms with Gasteiger partial charge in [-0.1, -0.05) is 99.2 Å². The van der Waals surface area contributed by atoms with E-state index in [1.165, 1.54) is 0 Å². The van der Waals surface area contributed by atoms with E-state index in [1.54, 1.807) is 43.3 Å². The van der Waals surface area contributed by atoms with Gasteiger partial charge >= 0.3 is 5.97 Å². The molecule has 0 unspecified atom stereocenters.